The van der Waals surface area contributed by atoms with Crippen LogP contribution in [0.3, 0.4) is 0 Å². The first kappa shape index (κ1) is 24.0. The molecule has 2 atom stereocenters. The standard InChI is InChI=1S/C19H20FN3O4.C2HF3O2/c20-15-4-12-16(23(10-1-2-10)6-13(18(12)24)19(25)26)14-8-27-7-11-3-9(21)5-22(11)17(14)15;3-2(4,5)1(6)7/h4,6,9-11H,1-3,5,7-8,21H2,(H,25,26);(H,6,7)/t9-,11+;/m1./s1. The van der Waals surface area contributed by atoms with Crippen molar-refractivity contribution >= 4 is 28.5 Å². The Balaban J connectivity index is 0.000000344. The Hall–Kier alpha value is -3.19. The molecule has 13 heteroatoms. The summed E-state index contributed by atoms with van der Waals surface area (Å²) in [6, 6.07) is 1.27. The van der Waals surface area contributed by atoms with Crippen LogP contribution in [-0.2, 0) is 16.1 Å². The van der Waals surface area contributed by atoms with E-state index in [9.17, 15) is 27.9 Å². The summed E-state index contributed by atoms with van der Waals surface area (Å²) in [5.74, 6) is -4.58. The molecular weight excluding hydrogens is 466 g/mol. The third-order valence-electron chi connectivity index (χ3n) is 6.04. The van der Waals surface area contributed by atoms with Crippen LogP contribution in [0.1, 0.15) is 41.2 Å². The third kappa shape index (κ3) is 4.32. The van der Waals surface area contributed by atoms with Crippen molar-refractivity contribution in [3.8, 4) is 0 Å². The lowest BCUT2D eigenvalue weighted by atomic mass is 10.0. The van der Waals surface area contributed by atoms with Gasteiger partial charge in [0, 0.05) is 35.8 Å². The second-order valence-electron chi connectivity index (χ2n) is 8.52. The predicted octanol–water partition coefficient (Wildman–Crippen LogP) is 2.24. The molecule has 4 N–H and O–H groups in total. The number of hydrogen-bond donors (Lipinski definition) is 3. The van der Waals surface area contributed by atoms with E-state index >= 15 is 4.39 Å². The normalized spacial score (nSPS) is 21.9. The van der Waals surface area contributed by atoms with Crippen molar-refractivity contribution in [2.45, 2.75) is 50.2 Å². The minimum Gasteiger partial charge on any atom is -0.477 e. The first-order chi connectivity index (χ1) is 15.9. The number of rotatable bonds is 2. The number of ether oxygens (including phenoxy) is 1. The summed E-state index contributed by atoms with van der Waals surface area (Å²) in [7, 11) is 0. The van der Waals surface area contributed by atoms with Gasteiger partial charge in [-0.05, 0) is 25.3 Å². The van der Waals surface area contributed by atoms with Gasteiger partial charge in [-0.15, -0.1) is 0 Å². The summed E-state index contributed by atoms with van der Waals surface area (Å²) >= 11 is 0. The van der Waals surface area contributed by atoms with Crippen LogP contribution in [-0.4, -0.2) is 58.1 Å². The quantitative estimate of drug-likeness (QED) is 0.549. The molecule has 184 valence electrons. The molecule has 2 aliphatic heterocycles. The summed E-state index contributed by atoms with van der Waals surface area (Å²) in [4.78, 5) is 35.1. The Kier molecular flexibility index (Phi) is 6.02. The molecule has 9 nitrogen and oxygen atoms in total. The van der Waals surface area contributed by atoms with E-state index in [1.807, 2.05) is 9.47 Å². The van der Waals surface area contributed by atoms with Gasteiger partial charge in [0.25, 0.3) is 0 Å². The molecule has 3 aliphatic rings. The SMILES string of the molecule is N[C@@H]1C[C@H]2COCc3c(c(F)cc4c(=O)c(C(=O)O)cn(C5CC5)c34)N2C1.O=C(O)C(F)(F)F. The summed E-state index contributed by atoms with van der Waals surface area (Å²) in [6.45, 7) is 1.17. The molecule has 34 heavy (non-hydrogen) atoms. The lowest BCUT2D eigenvalue weighted by Gasteiger charge is -2.27. The van der Waals surface area contributed by atoms with Gasteiger partial charge in [-0.25, -0.2) is 14.0 Å². The van der Waals surface area contributed by atoms with Gasteiger partial charge in [0.2, 0.25) is 5.43 Å². The molecule has 0 unspecified atom stereocenters. The average Bonchev–Trinajstić information content (AvgIpc) is 3.53. The van der Waals surface area contributed by atoms with Crippen LogP contribution >= 0.6 is 0 Å². The number of benzene rings is 1. The van der Waals surface area contributed by atoms with E-state index < -0.39 is 29.4 Å². The van der Waals surface area contributed by atoms with Crippen LogP contribution in [0.4, 0.5) is 23.2 Å². The molecule has 3 heterocycles. The molecular formula is C21H21F4N3O6. The zero-order chi connectivity index (χ0) is 24.9. The van der Waals surface area contributed by atoms with Crippen molar-refractivity contribution in [3.63, 3.8) is 0 Å². The van der Waals surface area contributed by atoms with Crippen molar-refractivity contribution in [3.05, 3.63) is 39.4 Å². The summed E-state index contributed by atoms with van der Waals surface area (Å²) in [5, 5.41) is 16.6. The second kappa shape index (κ2) is 8.55. The highest BCUT2D eigenvalue weighted by Crippen LogP contribution is 2.42. The van der Waals surface area contributed by atoms with E-state index in [-0.39, 0.29) is 35.7 Å². The molecule has 1 saturated heterocycles. The Morgan fingerprint density at radius 1 is 1.18 bits per heavy atom. The molecule has 2 fully saturated rings. The number of alkyl halides is 3. The fourth-order valence-corrected chi connectivity index (χ4v) is 4.48. The molecule has 0 bridgehead atoms. The lowest BCUT2D eigenvalue weighted by molar-refractivity contribution is -0.192. The molecule has 1 saturated carbocycles. The fraction of sp³-hybridized carbons (Fsp3) is 0.476. The number of carbonyl (C=O) groups is 2. The first-order valence-corrected chi connectivity index (χ1v) is 10.4. The highest BCUT2D eigenvalue weighted by atomic mass is 19.4. The smallest absolute Gasteiger partial charge is 0.477 e. The van der Waals surface area contributed by atoms with Crippen LogP contribution in [0.15, 0.2) is 17.1 Å². The summed E-state index contributed by atoms with van der Waals surface area (Å²) < 4.78 is 54.6. The largest absolute Gasteiger partial charge is 0.490 e. The number of aliphatic carboxylic acids is 1. The number of nitrogens with two attached hydrogens (primary N) is 1. The van der Waals surface area contributed by atoms with E-state index in [4.69, 9.17) is 20.4 Å². The second-order valence-corrected chi connectivity index (χ2v) is 8.52. The fourth-order valence-electron chi connectivity index (χ4n) is 4.48. The van der Waals surface area contributed by atoms with Gasteiger partial charge < -0.3 is 30.2 Å². The number of aromatic nitrogens is 1. The molecule has 1 aromatic heterocycles. The zero-order valence-electron chi connectivity index (χ0n) is 17.6. The van der Waals surface area contributed by atoms with Gasteiger partial charge in [0.15, 0.2) is 0 Å². The maximum atomic E-state index is 15.2. The first-order valence-electron chi connectivity index (χ1n) is 10.4. The van der Waals surface area contributed by atoms with Crippen molar-refractivity contribution in [1.29, 1.82) is 0 Å². The molecule has 0 radical (unpaired) electrons. The topological polar surface area (TPSA) is 135 Å². The number of anilines is 1. The van der Waals surface area contributed by atoms with Crippen LogP contribution in [0.25, 0.3) is 10.9 Å². The van der Waals surface area contributed by atoms with E-state index in [0.717, 1.165) is 19.3 Å². The van der Waals surface area contributed by atoms with Crippen LogP contribution in [0.2, 0.25) is 0 Å². The van der Waals surface area contributed by atoms with E-state index in [0.29, 0.717) is 29.9 Å². The minimum absolute atomic E-state index is 0.00703. The molecule has 0 spiro atoms. The Morgan fingerprint density at radius 2 is 1.82 bits per heavy atom. The van der Waals surface area contributed by atoms with Gasteiger partial charge in [-0.2, -0.15) is 13.2 Å². The maximum absolute atomic E-state index is 15.2. The highest BCUT2D eigenvalue weighted by molar-refractivity contribution is 5.95. The zero-order valence-corrected chi connectivity index (χ0v) is 17.6. The maximum Gasteiger partial charge on any atom is 0.490 e. The van der Waals surface area contributed by atoms with Gasteiger partial charge in [-0.3, -0.25) is 4.79 Å². The van der Waals surface area contributed by atoms with Crippen molar-refractivity contribution < 1.29 is 42.1 Å². The molecule has 0 amide bonds. The molecule has 5 rings (SSSR count). The van der Waals surface area contributed by atoms with Gasteiger partial charge in [-0.1, -0.05) is 0 Å². The lowest BCUT2D eigenvalue weighted by Crippen LogP contribution is -2.33. The van der Waals surface area contributed by atoms with E-state index in [1.54, 1.807) is 0 Å². The minimum atomic E-state index is -5.08. The van der Waals surface area contributed by atoms with Gasteiger partial charge in [0.05, 0.1) is 30.5 Å². The van der Waals surface area contributed by atoms with Gasteiger partial charge in [0.1, 0.15) is 11.4 Å². The van der Waals surface area contributed by atoms with Crippen LogP contribution in [0.5, 0.6) is 0 Å². The summed E-state index contributed by atoms with van der Waals surface area (Å²) in [6.07, 6.45) is -1.15. The van der Waals surface area contributed by atoms with Crippen LogP contribution in [0, 0.1) is 5.82 Å². The van der Waals surface area contributed by atoms with Gasteiger partial charge >= 0.3 is 18.1 Å². The number of fused-ring (bicyclic) bond motifs is 5. The third-order valence-corrected chi connectivity index (χ3v) is 6.04. The number of nitrogens with zero attached hydrogens (tertiary/aromatic N) is 2. The number of pyridine rings is 1. The number of carboxylic acid groups (broad SMARTS) is 2. The molecule has 1 aromatic carbocycles. The molecule has 1 aliphatic carbocycles. The number of carboxylic acids is 2. The van der Waals surface area contributed by atoms with Crippen molar-refractivity contribution in [2.75, 3.05) is 18.1 Å². The highest BCUT2D eigenvalue weighted by Gasteiger charge is 2.39. The average molecular weight is 487 g/mol. The van der Waals surface area contributed by atoms with Crippen molar-refractivity contribution in [1.82, 2.24) is 4.57 Å². The summed E-state index contributed by atoms with van der Waals surface area (Å²) in [5.41, 5.74) is 6.75. The number of aromatic carboxylic acids is 1. The van der Waals surface area contributed by atoms with Crippen molar-refractivity contribution in [2.24, 2.45) is 5.73 Å². The molecule has 2 aromatic rings. The van der Waals surface area contributed by atoms with Crippen LogP contribution < -0.4 is 16.1 Å². The Bertz CT molecular complexity index is 1220. The predicted molar refractivity (Wildman–Crippen MR) is 110 cm³/mol. The monoisotopic (exact) mass is 487 g/mol. The number of hydrogen-bond acceptors (Lipinski definition) is 6. The number of halogens is 4. The Morgan fingerprint density at radius 3 is 2.38 bits per heavy atom. The van der Waals surface area contributed by atoms with E-state index in [2.05, 4.69) is 0 Å². The van der Waals surface area contributed by atoms with E-state index in [1.165, 1.54) is 12.3 Å². The Labute approximate surface area is 189 Å².